The van der Waals surface area contributed by atoms with Crippen molar-refractivity contribution in [3.05, 3.63) is 28.7 Å². The Morgan fingerprint density at radius 2 is 1.94 bits per heavy atom. The summed E-state index contributed by atoms with van der Waals surface area (Å²) >= 11 is 4.73. The van der Waals surface area contributed by atoms with Crippen LogP contribution < -0.4 is 10.6 Å². The fourth-order valence-corrected chi connectivity index (χ4v) is 2.09. The summed E-state index contributed by atoms with van der Waals surface area (Å²) in [5.74, 6) is -0.0715. The predicted octanol–water partition coefficient (Wildman–Crippen LogP) is 2.78. The largest absolute Gasteiger partial charge is 0.338 e. The highest BCUT2D eigenvalue weighted by atomic mass is 79.9. The molecule has 3 amide bonds. The molecule has 0 saturated carbocycles. The van der Waals surface area contributed by atoms with Crippen molar-refractivity contribution < 1.29 is 9.59 Å². The van der Waals surface area contributed by atoms with Gasteiger partial charge in [-0.2, -0.15) is 0 Å². The van der Waals surface area contributed by atoms with Crippen LogP contribution in [0.15, 0.2) is 33.6 Å². The second kappa shape index (κ2) is 8.16. The van der Waals surface area contributed by atoms with Crippen LogP contribution in [0.3, 0.4) is 0 Å². The van der Waals surface area contributed by atoms with Crippen LogP contribution in [0, 0.1) is 0 Å². The van der Waals surface area contributed by atoms with Gasteiger partial charge < -0.3 is 5.32 Å². The summed E-state index contributed by atoms with van der Waals surface area (Å²) in [5.41, 5.74) is 0. The first-order valence-corrected chi connectivity index (χ1v) is 7.35. The molecule has 1 aromatic carbocycles. The lowest BCUT2D eigenvalue weighted by Crippen LogP contribution is -2.40. The monoisotopic (exact) mass is 330 g/mol. The summed E-state index contributed by atoms with van der Waals surface area (Å²) in [4.78, 5) is 23.7. The Hall–Kier alpha value is -1.01. The van der Waals surface area contributed by atoms with Crippen molar-refractivity contribution in [3.63, 3.8) is 0 Å². The average molecular weight is 331 g/mol. The number of hydrogen-bond acceptors (Lipinski definition) is 3. The maximum atomic E-state index is 11.5. The zero-order valence-electron chi connectivity index (χ0n) is 10.0. The van der Waals surface area contributed by atoms with Gasteiger partial charge in [0.1, 0.15) is 0 Å². The highest BCUT2D eigenvalue weighted by molar-refractivity contribution is 9.10. The van der Waals surface area contributed by atoms with Crippen LogP contribution in [0.5, 0.6) is 0 Å². The lowest BCUT2D eigenvalue weighted by Gasteiger charge is -2.05. The molecule has 1 rings (SSSR count). The van der Waals surface area contributed by atoms with Crippen molar-refractivity contribution in [2.24, 2.45) is 0 Å². The van der Waals surface area contributed by atoms with E-state index >= 15 is 0 Å². The first-order valence-electron chi connectivity index (χ1n) is 5.58. The molecule has 0 heterocycles. The molecule has 0 aromatic heterocycles. The van der Waals surface area contributed by atoms with Crippen LogP contribution in [-0.2, 0) is 4.79 Å². The Bertz CT molecular complexity index is 409. The van der Waals surface area contributed by atoms with Crippen LogP contribution in [0.25, 0.3) is 0 Å². The van der Waals surface area contributed by atoms with E-state index in [4.69, 9.17) is 0 Å². The molecule has 0 saturated heterocycles. The average Bonchev–Trinajstić information content (AvgIpc) is 2.35. The summed E-state index contributed by atoms with van der Waals surface area (Å²) in [7, 11) is 0. The molecule has 1 aromatic rings. The van der Waals surface area contributed by atoms with Crippen LogP contribution in [0.4, 0.5) is 4.79 Å². The van der Waals surface area contributed by atoms with Gasteiger partial charge in [0.15, 0.2) is 0 Å². The molecular weight excluding hydrogens is 316 g/mol. The number of benzene rings is 1. The number of imide groups is 1. The van der Waals surface area contributed by atoms with Gasteiger partial charge in [0.2, 0.25) is 5.91 Å². The molecule has 0 aliphatic carbocycles. The minimum atomic E-state index is -0.432. The summed E-state index contributed by atoms with van der Waals surface area (Å²) in [6, 6.07) is 7.22. The second-order valence-electron chi connectivity index (χ2n) is 3.55. The highest BCUT2D eigenvalue weighted by Crippen LogP contribution is 2.20. The first-order chi connectivity index (χ1) is 8.61. The normalized spacial score (nSPS) is 9.89. The summed E-state index contributed by atoms with van der Waals surface area (Å²) in [6.07, 6.45) is 0.843. The summed E-state index contributed by atoms with van der Waals surface area (Å²) in [5, 5.41) is 4.86. The SMILES string of the molecule is CCCNC(=O)NC(=O)CSc1ccc(Br)cc1. The minimum absolute atomic E-state index is 0.223. The van der Waals surface area contributed by atoms with E-state index in [2.05, 4.69) is 26.6 Å². The topological polar surface area (TPSA) is 58.2 Å². The molecule has 4 nitrogen and oxygen atoms in total. The zero-order valence-corrected chi connectivity index (χ0v) is 12.4. The molecular formula is C12H15BrN2O2S. The smallest absolute Gasteiger partial charge is 0.321 e. The van der Waals surface area contributed by atoms with Crippen molar-refractivity contribution in [3.8, 4) is 0 Å². The number of amides is 3. The minimum Gasteiger partial charge on any atom is -0.338 e. The van der Waals surface area contributed by atoms with Crippen LogP contribution >= 0.6 is 27.7 Å². The molecule has 6 heteroatoms. The van der Waals surface area contributed by atoms with Gasteiger partial charge in [0, 0.05) is 15.9 Å². The molecule has 0 bridgehead atoms. The van der Waals surface area contributed by atoms with Gasteiger partial charge in [-0.1, -0.05) is 22.9 Å². The van der Waals surface area contributed by atoms with E-state index in [1.165, 1.54) is 11.8 Å². The van der Waals surface area contributed by atoms with Crippen molar-refractivity contribution in [1.29, 1.82) is 0 Å². The predicted molar refractivity (Wildman–Crippen MR) is 76.7 cm³/mol. The second-order valence-corrected chi connectivity index (χ2v) is 5.51. The van der Waals surface area contributed by atoms with Gasteiger partial charge in [0.25, 0.3) is 0 Å². The first kappa shape index (κ1) is 15.0. The van der Waals surface area contributed by atoms with Gasteiger partial charge in [0.05, 0.1) is 5.75 Å². The van der Waals surface area contributed by atoms with Gasteiger partial charge in [-0.15, -0.1) is 11.8 Å². The number of nitrogens with one attached hydrogen (secondary N) is 2. The number of rotatable bonds is 5. The van der Waals surface area contributed by atoms with Crippen LogP contribution in [-0.4, -0.2) is 24.2 Å². The third-order valence-electron chi connectivity index (χ3n) is 1.97. The molecule has 0 atom stereocenters. The van der Waals surface area contributed by atoms with E-state index in [-0.39, 0.29) is 11.7 Å². The fraction of sp³-hybridized carbons (Fsp3) is 0.333. The molecule has 0 aliphatic rings. The Kier molecular flexibility index (Phi) is 6.82. The lowest BCUT2D eigenvalue weighted by molar-refractivity contribution is -0.117. The number of halogens is 1. The third-order valence-corrected chi connectivity index (χ3v) is 3.51. The van der Waals surface area contributed by atoms with Crippen molar-refractivity contribution >= 4 is 39.6 Å². The summed E-state index contributed by atoms with van der Waals surface area (Å²) < 4.78 is 0.996. The van der Waals surface area contributed by atoms with E-state index < -0.39 is 6.03 Å². The van der Waals surface area contributed by atoms with Gasteiger partial charge in [-0.05, 0) is 30.7 Å². The lowest BCUT2D eigenvalue weighted by atomic mass is 10.4. The fourth-order valence-electron chi connectivity index (χ4n) is 1.13. The molecule has 0 unspecified atom stereocenters. The maximum Gasteiger partial charge on any atom is 0.321 e. The third kappa shape index (κ3) is 6.07. The van der Waals surface area contributed by atoms with E-state index in [0.717, 1.165) is 15.8 Å². The number of carbonyl (C=O) groups excluding carboxylic acids is 2. The summed E-state index contributed by atoms with van der Waals surface area (Å²) in [6.45, 7) is 2.52. The Labute approximate surface area is 119 Å². The standard InChI is InChI=1S/C12H15BrN2O2S/c1-2-7-14-12(17)15-11(16)8-18-10-5-3-9(13)4-6-10/h3-6H,2,7-8H2,1H3,(H2,14,15,16,17). The number of urea groups is 1. The van der Waals surface area contributed by atoms with Gasteiger partial charge >= 0.3 is 6.03 Å². The Morgan fingerprint density at radius 3 is 2.56 bits per heavy atom. The van der Waals surface area contributed by atoms with Crippen molar-refractivity contribution in [2.45, 2.75) is 18.2 Å². The molecule has 0 spiro atoms. The van der Waals surface area contributed by atoms with E-state index in [1.807, 2.05) is 31.2 Å². The van der Waals surface area contributed by atoms with Crippen LogP contribution in [0.2, 0.25) is 0 Å². The van der Waals surface area contributed by atoms with Crippen molar-refractivity contribution in [2.75, 3.05) is 12.3 Å². The number of hydrogen-bond donors (Lipinski definition) is 2. The zero-order chi connectivity index (χ0) is 13.4. The van der Waals surface area contributed by atoms with E-state index in [9.17, 15) is 9.59 Å². The molecule has 0 aliphatic heterocycles. The number of carbonyl (C=O) groups is 2. The Balaban J connectivity index is 2.28. The Morgan fingerprint density at radius 1 is 1.28 bits per heavy atom. The molecule has 2 N–H and O–H groups in total. The van der Waals surface area contributed by atoms with E-state index in [1.54, 1.807) is 0 Å². The van der Waals surface area contributed by atoms with E-state index in [0.29, 0.717) is 6.54 Å². The molecule has 0 radical (unpaired) electrons. The molecule has 98 valence electrons. The quantitative estimate of drug-likeness (QED) is 0.816. The molecule has 18 heavy (non-hydrogen) atoms. The van der Waals surface area contributed by atoms with Crippen LogP contribution in [0.1, 0.15) is 13.3 Å². The highest BCUT2D eigenvalue weighted by Gasteiger charge is 2.07. The maximum absolute atomic E-state index is 11.5. The van der Waals surface area contributed by atoms with Gasteiger partial charge in [-0.25, -0.2) is 4.79 Å². The van der Waals surface area contributed by atoms with Gasteiger partial charge in [-0.3, -0.25) is 10.1 Å². The number of thioether (sulfide) groups is 1. The molecule has 0 fully saturated rings. The van der Waals surface area contributed by atoms with Crippen molar-refractivity contribution in [1.82, 2.24) is 10.6 Å².